The van der Waals surface area contributed by atoms with E-state index in [4.69, 9.17) is 5.10 Å². The Morgan fingerprint density at radius 3 is 2.32 bits per heavy atom. The lowest BCUT2D eigenvalue weighted by molar-refractivity contribution is -0.119. The highest BCUT2D eigenvalue weighted by Gasteiger charge is 2.41. The van der Waals surface area contributed by atoms with Crippen molar-refractivity contribution < 1.29 is 14.0 Å². The summed E-state index contributed by atoms with van der Waals surface area (Å²) in [5.41, 5.74) is 5.37. The molecular formula is C30H23BrFN3O2. The summed E-state index contributed by atoms with van der Waals surface area (Å²) >= 11 is 3.50. The molecule has 0 bridgehead atoms. The molecule has 37 heavy (non-hydrogen) atoms. The maximum absolute atomic E-state index is 13.6. The zero-order valence-electron chi connectivity index (χ0n) is 19.9. The molecule has 0 fully saturated rings. The number of carbonyl (C=O) groups is 2. The van der Waals surface area contributed by atoms with Gasteiger partial charge in [0.25, 0.3) is 0 Å². The van der Waals surface area contributed by atoms with Crippen LogP contribution in [0.1, 0.15) is 37.2 Å². The molecule has 0 saturated heterocycles. The van der Waals surface area contributed by atoms with E-state index in [2.05, 4.69) is 15.9 Å². The Labute approximate surface area is 222 Å². The lowest BCUT2D eigenvalue weighted by atomic mass is 9.76. The molecule has 0 saturated carbocycles. The number of hydrogen-bond donors (Lipinski definition) is 0. The zero-order chi connectivity index (χ0) is 25.5. The fraction of sp³-hybridized carbons (Fsp3) is 0.167. The standard InChI is InChI=1S/C30H23BrFN3O2/c31-20-11-9-19(10-12-20)30-25(18-34(33-30)22-5-2-1-3-6-22)24-17-28(37)35(23-15-13-21(32)14-16-23)26-7-4-8-27(36)29(24)26/h1-3,5-6,9-16,18,24H,4,7-8,17H2. The predicted molar refractivity (Wildman–Crippen MR) is 144 cm³/mol. The summed E-state index contributed by atoms with van der Waals surface area (Å²) in [7, 11) is 0. The normalized spacial score (nSPS) is 17.8. The van der Waals surface area contributed by atoms with Crippen molar-refractivity contribution in [3.63, 3.8) is 0 Å². The van der Waals surface area contributed by atoms with Crippen molar-refractivity contribution in [3.8, 4) is 16.9 Å². The van der Waals surface area contributed by atoms with Gasteiger partial charge in [-0.05, 0) is 61.4 Å². The Hall–Kier alpha value is -3.84. The van der Waals surface area contributed by atoms with Crippen LogP contribution in [0.3, 0.4) is 0 Å². The molecule has 2 heterocycles. The predicted octanol–water partition coefficient (Wildman–Crippen LogP) is 6.97. The first kappa shape index (κ1) is 23.6. The van der Waals surface area contributed by atoms with Crippen LogP contribution in [0.5, 0.6) is 0 Å². The molecule has 1 unspecified atom stereocenters. The van der Waals surface area contributed by atoms with Gasteiger partial charge in [0.2, 0.25) is 5.91 Å². The third kappa shape index (κ3) is 4.33. The molecule has 0 radical (unpaired) electrons. The molecule has 2 aliphatic rings. The van der Waals surface area contributed by atoms with Crippen LogP contribution in [0.4, 0.5) is 10.1 Å². The molecule has 1 aliphatic heterocycles. The molecule has 1 aliphatic carbocycles. The first-order valence-corrected chi connectivity index (χ1v) is 13.0. The van der Waals surface area contributed by atoms with E-state index in [0.717, 1.165) is 32.7 Å². The first-order valence-electron chi connectivity index (χ1n) is 12.3. The summed E-state index contributed by atoms with van der Waals surface area (Å²) in [4.78, 5) is 28.7. The van der Waals surface area contributed by atoms with Gasteiger partial charge >= 0.3 is 0 Å². The van der Waals surface area contributed by atoms with E-state index in [-0.39, 0.29) is 23.9 Å². The molecule has 0 spiro atoms. The molecule has 3 aromatic carbocycles. The van der Waals surface area contributed by atoms with Gasteiger partial charge in [-0.25, -0.2) is 9.07 Å². The number of amides is 1. The average Bonchev–Trinajstić information content (AvgIpc) is 3.35. The van der Waals surface area contributed by atoms with Crippen LogP contribution < -0.4 is 4.90 Å². The van der Waals surface area contributed by atoms with Crippen molar-refractivity contribution in [2.75, 3.05) is 4.90 Å². The van der Waals surface area contributed by atoms with Crippen LogP contribution >= 0.6 is 15.9 Å². The number of rotatable bonds is 4. The number of anilines is 1. The van der Waals surface area contributed by atoms with Gasteiger partial charge in [0, 0.05) is 57.5 Å². The molecule has 1 amide bonds. The van der Waals surface area contributed by atoms with Crippen LogP contribution in [-0.4, -0.2) is 21.5 Å². The van der Waals surface area contributed by atoms with Gasteiger partial charge in [-0.1, -0.05) is 46.3 Å². The number of carbonyl (C=O) groups excluding carboxylic acids is 2. The topological polar surface area (TPSA) is 55.2 Å². The zero-order valence-corrected chi connectivity index (χ0v) is 21.5. The molecule has 7 heteroatoms. The van der Waals surface area contributed by atoms with E-state index < -0.39 is 5.92 Å². The number of Topliss-reactive ketones (excluding diaryl/α,β-unsaturated/α-hetero) is 1. The smallest absolute Gasteiger partial charge is 0.232 e. The number of ketones is 1. The second-order valence-corrected chi connectivity index (χ2v) is 10.2. The molecule has 4 aromatic rings. The van der Waals surface area contributed by atoms with Gasteiger partial charge in [0.05, 0.1) is 11.4 Å². The van der Waals surface area contributed by atoms with Crippen LogP contribution in [0.25, 0.3) is 16.9 Å². The van der Waals surface area contributed by atoms with Crippen molar-refractivity contribution in [1.29, 1.82) is 0 Å². The third-order valence-electron chi connectivity index (χ3n) is 7.02. The Kier molecular flexibility index (Phi) is 6.08. The number of aromatic nitrogens is 2. The summed E-state index contributed by atoms with van der Waals surface area (Å²) < 4.78 is 16.4. The number of halogens is 2. The van der Waals surface area contributed by atoms with Gasteiger partial charge < -0.3 is 0 Å². The highest BCUT2D eigenvalue weighted by Crippen LogP contribution is 2.45. The quantitative estimate of drug-likeness (QED) is 0.273. The van der Waals surface area contributed by atoms with E-state index in [0.29, 0.717) is 30.5 Å². The number of para-hydroxylation sites is 1. The molecule has 0 N–H and O–H groups in total. The largest absolute Gasteiger partial charge is 0.294 e. The highest BCUT2D eigenvalue weighted by atomic mass is 79.9. The SMILES string of the molecule is O=C1CCCC2=C1C(c1cn(-c3ccccc3)nc1-c1ccc(Br)cc1)CC(=O)N2c1ccc(F)cc1. The average molecular weight is 556 g/mol. The highest BCUT2D eigenvalue weighted by molar-refractivity contribution is 9.10. The van der Waals surface area contributed by atoms with Crippen molar-refractivity contribution in [1.82, 2.24) is 9.78 Å². The maximum atomic E-state index is 13.6. The maximum Gasteiger partial charge on any atom is 0.232 e. The van der Waals surface area contributed by atoms with E-state index in [1.807, 2.05) is 65.5 Å². The van der Waals surface area contributed by atoms with Gasteiger partial charge in [-0.2, -0.15) is 5.10 Å². The Morgan fingerprint density at radius 1 is 0.865 bits per heavy atom. The van der Waals surface area contributed by atoms with E-state index in [9.17, 15) is 14.0 Å². The fourth-order valence-electron chi connectivity index (χ4n) is 5.34. The second-order valence-electron chi connectivity index (χ2n) is 9.32. The summed E-state index contributed by atoms with van der Waals surface area (Å²) in [6.45, 7) is 0. The van der Waals surface area contributed by atoms with Gasteiger partial charge in [0.15, 0.2) is 5.78 Å². The van der Waals surface area contributed by atoms with E-state index in [1.165, 1.54) is 12.1 Å². The number of nitrogens with zero attached hydrogens (tertiary/aromatic N) is 3. The van der Waals surface area contributed by atoms with Crippen molar-refractivity contribution in [3.05, 3.63) is 112 Å². The second kappa shape index (κ2) is 9.56. The van der Waals surface area contributed by atoms with Crippen molar-refractivity contribution >= 4 is 33.3 Å². The van der Waals surface area contributed by atoms with Crippen LogP contribution in [0.15, 0.2) is 101 Å². The van der Waals surface area contributed by atoms with Crippen LogP contribution in [0, 0.1) is 5.82 Å². The molecule has 1 atom stereocenters. The van der Waals surface area contributed by atoms with E-state index in [1.54, 1.807) is 17.0 Å². The van der Waals surface area contributed by atoms with Crippen molar-refractivity contribution in [2.24, 2.45) is 0 Å². The lowest BCUT2D eigenvalue weighted by Crippen LogP contribution is -2.40. The minimum atomic E-state index is -0.414. The van der Waals surface area contributed by atoms with Crippen LogP contribution in [-0.2, 0) is 9.59 Å². The minimum absolute atomic E-state index is 0.0556. The molecule has 5 nitrogen and oxygen atoms in total. The minimum Gasteiger partial charge on any atom is -0.294 e. The molecule has 6 rings (SSSR count). The summed E-state index contributed by atoms with van der Waals surface area (Å²) in [5, 5.41) is 4.93. The van der Waals surface area contributed by atoms with Gasteiger partial charge in [0.1, 0.15) is 5.82 Å². The molecule has 1 aromatic heterocycles. The Morgan fingerprint density at radius 2 is 1.59 bits per heavy atom. The van der Waals surface area contributed by atoms with Crippen molar-refractivity contribution in [2.45, 2.75) is 31.6 Å². The summed E-state index contributed by atoms with van der Waals surface area (Å²) in [6.07, 6.45) is 3.82. The molecule has 184 valence electrons. The van der Waals surface area contributed by atoms with Crippen LogP contribution in [0.2, 0.25) is 0 Å². The number of benzene rings is 3. The summed E-state index contributed by atoms with van der Waals surface area (Å²) in [6, 6.07) is 23.6. The molecular weight excluding hydrogens is 533 g/mol. The lowest BCUT2D eigenvalue weighted by Gasteiger charge is -2.38. The third-order valence-corrected chi connectivity index (χ3v) is 7.55. The Bertz CT molecular complexity index is 1530. The fourth-order valence-corrected chi connectivity index (χ4v) is 5.60. The first-order chi connectivity index (χ1) is 18.0. The number of hydrogen-bond acceptors (Lipinski definition) is 3. The van der Waals surface area contributed by atoms with Gasteiger partial charge in [-0.3, -0.25) is 14.5 Å². The van der Waals surface area contributed by atoms with E-state index >= 15 is 0 Å². The summed E-state index contributed by atoms with van der Waals surface area (Å²) in [5.74, 6) is -0.838. The number of allylic oxidation sites excluding steroid dienone is 2. The van der Waals surface area contributed by atoms with Gasteiger partial charge in [-0.15, -0.1) is 0 Å². The Balaban J connectivity index is 1.53. The monoisotopic (exact) mass is 555 g/mol.